The molecule has 0 saturated carbocycles. The summed E-state index contributed by atoms with van der Waals surface area (Å²) in [6.07, 6.45) is -4.73. The largest absolute Gasteiger partial charge is 0.417 e. The van der Waals surface area contributed by atoms with Gasteiger partial charge in [0.15, 0.2) is 0 Å². The minimum absolute atomic E-state index is 0.0253. The van der Waals surface area contributed by atoms with E-state index in [1.54, 1.807) is 29.7 Å². The molecule has 0 saturated heterocycles. The minimum atomic E-state index is -4.73. The van der Waals surface area contributed by atoms with Crippen molar-refractivity contribution in [2.45, 2.75) is 19.7 Å². The third-order valence-corrected chi connectivity index (χ3v) is 5.99. The van der Waals surface area contributed by atoms with Gasteiger partial charge in [-0.2, -0.15) is 13.2 Å². The summed E-state index contributed by atoms with van der Waals surface area (Å²) in [5, 5.41) is 2.95. The molecule has 1 heterocycles. The molecule has 0 atom stereocenters. The monoisotopic (exact) mass is 516 g/mol. The summed E-state index contributed by atoms with van der Waals surface area (Å²) in [4.78, 5) is 29.7. The Balaban J connectivity index is 1.92. The highest BCUT2D eigenvalue weighted by atomic mass is 35.5. The second-order valence-corrected chi connectivity index (χ2v) is 8.34. The number of ether oxygens (including phenoxy) is 1. The number of aromatic nitrogens is 2. The maximum Gasteiger partial charge on any atom is 0.417 e. The van der Waals surface area contributed by atoms with Crippen LogP contribution in [0.15, 0.2) is 54.6 Å². The van der Waals surface area contributed by atoms with E-state index in [0.29, 0.717) is 27.6 Å². The highest BCUT2D eigenvalue weighted by Gasteiger charge is 2.35. The van der Waals surface area contributed by atoms with Crippen LogP contribution in [0.2, 0.25) is 5.02 Å². The molecule has 0 radical (unpaired) electrons. The Labute approximate surface area is 208 Å². The second kappa shape index (κ2) is 9.63. The molecule has 0 bridgehead atoms. The summed E-state index contributed by atoms with van der Waals surface area (Å²) in [6, 6.07) is 12.4. The Morgan fingerprint density at radius 2 is 1.83 bits per heavy atom. The van der Waals surface area contributed by atoms with Crippen molar-refractivity contribution >= 4 is 40.1 Å². The first-order valence-electron chi connectivity index (χ1n) is 10.6. The van der Waals surface area contributed by atoms with Gasteiger partial charge in [0.05, 0.1) is 27.9 Å². The number of amides is 2. The molecule has 4 rings (SSSR count). The van der Waals surface area contributed by atoms with E-state index in [9.17, 15) is 22.8 Å². The number of primary amides is 1. The lowest BCUT2D eigenvalue weighted by Crippen LogP contribution is -2.19. The average Bonchev–Trinajstić information content (AvgIpc) is 3.17. The quantitative estimate of drug-likeness (QED) is 0.353. The number of nitrogens with two attached hydrogens (primary N) is 1. The van der Waals surface area contributed by atoms with Crippen molar-refractivity contribution in [3.05, 3.63) is 87.7 Å². The molecule has 36 heavy (non-hydrogen) atoms. The first-order chi connectivity index (χ1) is 17.0. The molecule has 186 valence electrons. The maximum absolute atomic E-state index is 13.4. The number of fused-ring (bicyclic) bond motifs is 1. The number of nitrogens with one attached hydrogen (secondary N) is 1. The fourth-order valence-electron chi connectivity index (χ4n) is 3.95. The number of methoxy groups -OCH3 is 1. The first kappa shape index (κ1) is 25.2. The van der Waals surface area contributed by atoms with Crippen LogP contribution in [-0.2, 0) is 17.5 Å². The van der Waals surface area contributed by atoms with Crippen molar-refractivity contribution in [2.24, 2.45) is 5.73 Å². The molecule has 0 aliphatic rings. The Bertz CT molecular complexity index is 1500. The number of carbonyl (C=O) groups is 2. The van der Waals surface area contributed by atoms with Crippen molar-refractivity contribution in [3.63, 3.8) is 0 Å². The number of rotatable bonds is 6. The van der Waals surface area contributed by atoms with Crippen LogP contribution in [0, 0.1) is 6.92 Å². The topological polar surface area (TPSA) is 99.2 Å². The van der Waals surface area contributed by atoms with Gasteiger partial charge in [-0.25, -0.2) is 4.98 Å². The van der Waals surface area contributed by atoms with Gasteiger partial charge in [0.2, 0.25) is 0 Å². The number of nitrogens with zero attached hydrogens (tertiary/aromatic N) is 2. The van der Waals surface area contributed by atoms with E-state index in [4.69, 9.17) is 22.1 Å². The predicted molar refractivity (Wildman–Crippen MR) is 129 cm³/mol. The van der Waals surface area contributed by atoms with Gasteiger partial charge in [0.1, 0.15) is 17.9 Å². The van der Waals surface area contributed by atoms with Crippen molar-refractivity contribution in [3.8, 4) is 5.69 Å². The normalized spacial score (nSPS) is 11.6. The number of benzene rings is 3. The van der Waals surface area contributed by atoms with E-state index in [-0.39, 0.29) is 23.4 Å². The Morgan fingerprint density at radius 3 is 2.50 bits per heavy atom. The molecule has 2 amide bonds. The van der Waals surface area contributed by atoms with E-state index in [1.165, 1.54) is 31.4 Å². The molecule has 0 unspecified atom stereocenters. The van der Waals surface area contributed by atoms with Crippen LogP contribution in [0.5, 0.6) is 0 Å². The van der Waals surface area contributed by atoms with Gasteiger partial charge in [-0.3, -0.25) is 14.2 Å². The predicted octanol–water partition coefficient (Wildman–Crippen LogP) is 5.50. The highest BCUT2D eigenvalue weighted by molar-refractivity contribution is 6.31. The van der Waals surface area contributed by atoms with Crippen LogP contribution in [0.1, 0.15) is 37.7 Å². The Morgan fingerprint density at radius 1 is 1.11 bits per heavy atom. The molecule has 11 heteroatoms. The standard InChI is InChI=1S/C25H20ClF3N4O3/c1-13-18(26)8-5-9-19(13)33-20-11-14(10-16(23(30)34)22(20)32-21(33)12-36-2)31-24(35)15-6-3-4-7-17(15)25(27,28)29/h3-11H,12H2,1-2H3,(H2,30,34)(H,31,35). The summed E-state index contributed by atoms with van der Waals surface area (Å²) in [5.74, 6) is -1.41. The average molecular weight is 517 g/mol. The Hall–Kier alpha value is -3.89. The van der Waals surface area contributed by atoms with Crippen LogP contribution in [0.4, 0.5) is 18.9 Å². The minimum Gasteiger partial charge on any atom is -0.377 e. The Kier molecular flexibility index (Phi) is 6.75. The van der Waals surface area contributed by atoms with Crippen LogP contribution in [-0.4, -0.2) is 28.5 Å². The third kappa shape index (κ3) is 4.65. The molecule has 4 aromatic rings. The zero-order chi connectivity index (χ0) is 26.2. The van der Waals surface area contributed by atoms with Gasteiger partial charge >= 0.3 is 6.18 Å². The van der Waals surface area contributed by atoms with E-state index >= 15 is 0 Å². The molecular formula is C25H20ClF3N4O3. The molecule has 0 aliphatic heterocycles. The number of halogens is 4. The van der Waals surface area contributed by atoms with Gasteiger partial charge < -0.3 is 15.8 Å². The highest BCUT2D eigenvalue weighted by Crippen LogP contribution is 2.34. The van der Waals surface area contributed by atoms with Crippen molar-refractivity contribution < 1.29 is 27.5 Å². The van der Waals surface area contributed by atoms with Crippen LogP contribution < -0.4 is 11.1 Å². The van der Waals surface area contributed by atoms with E-state index < -0.39 is 29.1 Å². The number of hydrogen-bond acceptors (Lipinski definition) is 4. The summed E-state index contributed by atoms with van der Waals surface area (Å²) in [6.45, 7) is 1.87. The van der Waals surface area contributed by atoms with E-state index in [2.05, 4.69) is 10.3 Å². The van der Waals surface area contributed by atoms with Crippen molar-refractivity contribution in [2.75, 3.05) is 12.4 Å². The first-order valence-corrected chi connectivity index (χ1v) is 11.0. The summed E-state index contributed by atoms with van der Waals surface area (Å²) in [7, 11) is 1.48. The molecule has 3 N–H and O–H groups in total. The van der Waals surface area contributed by atoms with Crippen LogP contribution in [0.25, 0.3) is 16.7 Å². The SMILES string of the molecule is COCc1nc2c(C(N)=O)cc(NC(=O)c3ccccc3C(F)(F)F)cc2n1-c1cccc(Cl)c1C. The number of carbonyl (C=O) groups excluding carboxylic acids is 2. The van der Waals surface area contributed by atoms with Crippen molar-refractivity contribution in [1.29, 1.82) is 0 Å². The fourth-order valence-corrected chi connectivity index (χ4v) is 4.11. The molecule has 0 aliphatic carbocycles. The van der Waals surface area contributed by atoms with Gasteiger partial charge in [-0.05, 0) is 48.9 Å². The van der Waals surface area contributed by atoms with E-state index in [0.717, 1.165) is 12.1 Å². The third-order valence-electron chi connectivity index (χ3n) is 5.58. The van der Waals surface area contributed by atoms with Gasteiger partial charge in [0, 0.05) is 17.8 Å². The summed E-state index contributed by atoms with van der Waals surface area (Å²) >= 11 is 6.32. The fraction of sp³-hybridized carbons (Fsp3) is 0.160. The van der Waals surface area contributed by atoms with E-state index in [1.807, 2.05) is 0 Å². The number of anilines is 1. The number of alkyl halides is 3. The van der Waals surface area contributed by atoms with Crippen LogP contribution in [0.3, 0.4) is 0 Å². The maximum atomic E-state index is 13.4. The zero-order valence-electron chi connectivity index (χ0n) is 19.1. The lowest BCUT2D eigenvalue weighted by molar-refractivity contribution is -0.137. The van der Waals surface area contributed by atoms with Crippen molar-refractivity contribution in [1.82, 2.24) is 9.55 Å². The second-order valence-electron chi connectivity index (χ2n) is 7.93. The summed E-state index contributed by atoms with van der Waals surface area (Å²) in [5.41, 5.74) is 5.95. The summed E-state index contributed by atoms with van der Waals surface area (Å²) < 4.78 is 47.3. The molecule has 7 nitrogen and oxygen atoms in total. The van der Waals surface area contributed by atoms with Crippen LogP contribution >= 0.6 is 11.6 Å². The smallest absolute Gasteiger partial charge is 0.377 e. The van der Waals surface area contributed by atoms with Gasteiger partial charge in [-0.1, -0.05) is 29.8 Å². The molecule has 0 spiro atoms. The number of hydrogen-bond donors (Lipinski definition) is 2. The number of imidazole rings is 1. The lowest BCUT2D eigenvalue weighted by Gasteiger charge is -2.15. The lowest BCUT2D eigenvalue weighted by atomic mass is 10.1. The molecule has 3 aromatic carbocycles. The van der Waals surface area contributed by atoms with Gasteiger partial charge in [-0.15, -0.1) is 0 Å². The molecule has 0 fully saturated rings. The zero-order valence-corrected chi connectivity index (χ0v) is 19.9. The molecule has 1 aromatic heterocycles. The molecular weight excluding hydrogens is 497 g/mol. The van der Waals surface area contributed by atoms with Gasteiger partial charge in [0.25, 0.3) is 11.8 Å².